The third-order valence-corrected chi connectivity index (χ3v) is 6.81. The molecule has 1 atom stereocenters. The molecule has 1 fully saturated rings. The monoisotopic (exact) mass is 346 g/mol. The molecule has 8 heteroatoms. The van der Waals surface area contributed by atoms with E-state index in [-0.39, 0.29) is 5.91 Å². The number of sulfonamides is 1. The summed E-state index contributed by atoms with van der Waals surface area (Å²) < 4.78 is 32.0. The highest BCUT2D eigenvalue weighted by atomic mass is 32.2. The van der Waals surface area contributed by atoms with Crippen LogP contribution < -0.4 is 5.32 Å². The number of amides is 1. The molecule has 6 nitrogen and oxygen atoms in total. The van der Waals surface area contributed by atoms with Crippen LogP contribution in [0.3, 0.4) is 0 Å². The van der Waals surface area contributed by atoms with Gasteiger partial charge in [0, 0.05) is 26.3 Å². The normalized spacial score (nSPS) is 19.4. The van der Waals surface area contributed by atoms with Crippen molar-refractivity contribution in [2.24, 2.45) is 0 Å². The maximum Gasteiger partial charge on any atom is 0.253 e. The van der Waals surface area contributed by atoms with E-state index in [4.69, 9.17) is 4.74 Å². The number of thiophene rings is 1. The second-order valence-electron chi connectivity index (χ2n) is 5.05. The Bertz CT molecular complexity index is 572. The van der Waals surface area contributed by atoms with Gasteiger partial charge in [-0.3, -0.25) is 4.79 Å². The van der Waals surface area contributed by atoms with E-state index in [0.29, 0.717) is 43.4 Å². The smallest absolute Gasteiger partial charge is 0.253 e. The van der Waals surface area contributed by atoms with Crippen LogP contribution in [0.4, 0.5) is 0 Å². The van der Waals surface area contributed by atoms with E-state index < -0.39 is 16.1 Å². The van der Waals surface area contributed by atoms with Crippen molar-refractivity contribution in [1.82, 2.24) is 9.62 Å². The maximum absolute atomic E-state index is 12.6. The van der Waals surface area contributed by atoms with Gasteiger partial charge in [-0.25, -0.2) is 8.42 Å². The van der Waals surface area contributed by atoms with E-state index in [0.717, 1.165) is 6.42 Å². The molecule has 124 valence electrons. The standard InChI is InChI=1S/C14H22N2O4S2/c1-2-20-10-5-8-15-14(17)12-6-3-9-16(12)22(18,19)13-7-4-11-21-13/h4,7,11-12H,2-3,5-6,8-10H2,1H3,(H,15,17). The van der Waals surface area contributed by atoms with E-state index in [2.05, 4.69) is 5.32 Å². The fourth-order valence-electron chi connectivity index (χ4n) is 2.46. The Morgan fingerprint density at radius 2 is 2.36 bits per heavy atom. The molecule has 0 aromatic carbocycles. The summed E-state index contributed by atoms with van der Waals surface area (Å²) in [5, 5.41) is 4.54. The van der Waals surface area contributed by atoms with Gasteiger partial charge in [-0.05, 0) is 37.6 Å². The molecule has 1 aliphatic rings. The molecule has 0 bridgehead atoms. The maximum atomic E-state index is 12.6. The molecule has 1 saturated heterocycles. The van der Waals surface area contributed by atoms with Crippen molar-refractivity contribution in [3.63, 3.8) is 0 Å². The van der Waals surface area contributed by atoms with Gasteiger partial charge in [-0.15, -0.1) is 11.3 Å². The molecule has 2 rings (SSSR count). The van der Waals surface area contributed by atoms with Crippen molar-refractivity contribution < 1.29 is 17.9 Å². The summed E-state index contributed by atoms with van der Waals surface area (Å²) in [5.74, 6) is -0.214. The third-order valence-electron chi connectivity index (χ3n) is 3.53. The van der Waals surface area contributed by atoms with E-state index in [1.54, 1.807) is 17.5 Å². The average molecular weight is 346 g/mol. The SMILES string of the molecule is CCOCCCNC(=O)C1CCCN1S(=O)(=O)c1cccs1. The first-order valence-electron chi connectivity index (χ1n) is 7.48. The van der Waals surface area contributed by atoms with E-state index in [1.807, 2.05) is 6.92 Å². The zero-order valence-electron chi connectivity index (χ0n) is 12.7. The highest BCUT2D eigenvalue weighted by Gasteiger charge is 2.39. The molecular formula is C14H22N2O4S2. The van der Waals surface area contributed by atoms with Gasteiger partial charge in [0.15, 0.2) is 0 Å². The summed E-state index contributed by atoms with van der Waals surface area (Å²) in [6, 6.07) is 2.69. The molecule has 0 spiro atoms. The zero-order chi connectivity index (χ0) is 16.0. The molecule has 2 heterocycles. The third kappa shape index (κ3) is 4.07. The number of hydrogen-bond acceptors (Lipinski definition) is 5. The van der Waals surface area contributed by atoms with Crippen LogP contribution in [-0.4, -0.2) is 51.0 Å². The van der Waals surface area contributed by atoms with Crippen molar-refractivity contribution in [1.29, 1.82) is 0 Å². The van der Waals surface area contributed by atoms with E-state index in [1.165, 1.54) is 15.6 Å². The minimum atomic E-state index is -3.56. The number of carbonyl (C=O) groups is 1. The fraction of sp³-hybridized carbons (Fsp3) is 0.643. The lowest BCUT2D eigenvalue weighted by atomic mass is 10.2. The van der Waals surface area contributed by atoms with Crippen molar-refractivity contribution in [3.8, 4) is 0 Å². The Morgan fingerprint density at radius 1 is 1.55 bits per heavy atom. The van der Waals surface area contributed by atoms with Crippen molar-refractivity contribution in [3.05, 3.63) is 17.5 Å². The second-order valence-corrected chi connectivity index (χ2v) is 8.11. The molecular weight excluding hydrogens is 324 g/mol. The molecule has 1 unspecified atom stereocenters. The number of nitrogens with one attached hydrogen (secondary N) is 1. The average Bonchev–Trinajstić information content (AvgIpc) is 3.18. The first-order chi connectivity index (χ1) is 10.6. The summed E-state index contributed by atoms with van der Waals surface area (Å²) in [6.07, 6.45) is 2.01. The molecule has 0 saturated carbocycles. The predicted octanol–water partition coefficient (Wildman–Crippen LogP) is 1.44. The van der Waals surface area contributed by atoms with Crippen LogP contribution in [-0.2, 0) is 19.6 Å². The minimum absolute atomic E-state index is 0.214. The number of ether oxygens (including phenoxy) is 1. The summed E-state index contributed by atoms with van der Waals surface area (Å²) in [6.45, 7) is 4.08. The van der Waals surface area contributed by atoms with Gasteiger partial charge in [0.05, 0.1) is 0 Å². The summed E-state index contributed by atoms with van der Waals surface area (Å²) in [7, 11) is -3.56. The van der Waals surface area contributed by atoms with E-state index in [9.17, 15) is 13.2 Å². The highest BCUT2D eigenvalue weighted by molar-refractivity contribution is 7.91. The van der Waals surface area contributed by atoms with Crippen LogP contribution in [0, 0.1) is 0 Å². The fourth-order valence-corrected chi connectivity index (χ4v) is 5.24. The Labute approximate surface area is 135 Å². The molecule has 0 radical (unpaired) electrons. The van der Waals surface area contributed by atoms with Gasteiger partial charge < -0.3 is 10.1 Å². The van der Waals surface area contributed by atoms with Crippen LogP contribution in [0.25, 0.3) is 0 Å². The van der Waals surface area contributed by atoms with Gasteiger partial charge in [-0.2, -0.15) is 4.31 Å². The summed E-state index contributed by atoms with van der Waals surface area (Å²) in [5.41, 5.74) is 0. The van der Waals surface area contributed by atoms with Gasteiger partial charge in [-0.1, -0.05) is 6.07 Å². The molecule has 1 aromatic rings. The van der Waals surface area contributed by atoms with Crippen LogP contribution in [0.1, 0.15) is 26.2 Å². The largest absolute Gasteiger partial charge is 0.382 e. The number of rotatable bonds is 8. The number of carbonyl (C=O) groups excluding carboxylic acids is 1. The summed E-state index contributed by atoms with van der Waals surface area (Å²) >= 11 is 1.18. The van der Waals surface area contributed by atoms with Gasteiger partial charge >= 0.3 is 0 Å². The van der Waals surface area contributed by atoms with Crippen LogP contribution in [0.2, 0.25) is 0 Å². The predicted molar refractivity (Wildman–Crippen MR) is 85.4 cm³/mol. The molecule has 0 aliphatic carbocycles. The summed E-state index contributed by atoms with van der Waals surface area (Å²) in [4.78, 5) is 12.3. The molecule has 1 aliphatic heterocycles. The molecule has 1 aromatic heterocycles. The second kappa shape index (κ2) is 8.05. The zero-order valence-corrected chi connectivity index (χ0v) is 14.3. The number of hydrogen-bond donors (Lipinski definition) is 1. The topological polar surface area (TPSA) is 75.7 Å². The van der Waals surface area contributed by atoms with Crippen molar-refractivity contribution in [2.45, 2.75) is 36.4 Å². The van der Waals surface area contributed by atoms with Crippen molar-refractivity contribution >= 4 is 27.3 Å². The first kappa shape index (κ1) is 17.4. The quantitative estimate of drug-likeness (QED) is 0.723. The van der Waals surface area contributed by atoms with Crippen LogP contribution in [0.5, 0.6) is 0 Å². The van der Waals surface area contributed by atoms with E-state index >= 15 is 0 Å². The Kier molecular flexibility index (Phi) is 6.37. The number of nitrogens with zero attached hydrogens (tertiary/aromatic N) is 1. The lowest BCUT2D eigenvalue weighted by Gasteiger charge is -2.22. The molecule has 22 heavy (non-hydrogen) atoms. The Hall–Kier alpha value is -0.960. The minimum Gasteiger partial charge on any atom is -0.382 e. The van der Waals surface area contributed by atoms with Gasteiger partial charge in [0.25, 0.3) is 10.0 Å². The lowest BCUT2D eigenvalue weighted by molar-refractivity contribution is -0.124. The lowest BCUT2D eigenvalue weighted by Crippen LogP contribution is -2.46. The Balaban J connectivity index is 1.94. The molecule has 1 N–H and O–H groups in total. The van der Waals surface area contributed by atoms with Gasteiger partial charge in [0.1, 0.15) is 10.3 Å². The Morgan fingerprint density at radius 3 is 3.05 bits per heavy atom. The van der Waals surface area contributed by atoms with Crippen molar-refractivity contribution in [2.75, 3.05) is 26.3 Å². The van der Waals surface area contributed by atoms with Crippen LogP contribution >= 0.6 is 11.3 Å². The highest BCUT2D eigenvalue weighted by Crippen LogP contribution is 2.28. The molecule has 1 amide bonds. The first-order valence-corrected chi connectivity index (χ1v) is 9.80. The van der Waals surface area contributed by atoms with Crippen LogP contribution in [0.15, 0.2) is 21.7 Å². The van der Waals surface area contributed by atoms with Gasteiger partial charge in [0.2, 0.25) is 5.91 Å².